The monoisotopic (exact) mass is 266 g/mol. The van der Waals surface area contributed by atoms with Gasteiger partial charge in [0, 0.05) is 17.2 Å². The van der Waals surface area contributed by atoms with Crippen LogP contribution in [-0.4, -0.2) is 27.4 Å². The van der Waals surface area contributed by atoms with Gasteiger partial charge in [0.2, 0.25) is 0 Å². The Balaban J connectivity index is 2.99. The van der Waals surface area contributed by atoms with Gasteiger partial charge >= 0.3 is 5.97 Å². The zero-order chi connectivity index (χ0) is 14.8. The van der Waals surface area contributed by atoms with Crippen LogP contribution in [0, 0.1) is 17.0 Å². The molecule has 0 aliphatic rings. The lowest BCUT2D eigenvalue weighted by Crippen LogP contribution is -2.49. The van der Waals surface area contributed by atoms with Crippen molar-refractivity contribution in [3.63, 3.8) is 0 Å². The third-order valence-electron chi connectivity index (χ3n) is 2.62. The molecule has 0 saturated heterocycles. The Hall–Kier alpha value is -2.44. The quantitative estimate of drug-likeness (QED) is 0.633. The van der Waals surface area contributed by atoms with Crippen molar-refractivity contribution in [2.75, 3.05) is 0 Å². The highest BCUT2D eigenvalue weighted by Gasteiger charge is 2.29. The second-order valence-electron chi connectivity index (χ2n) is 4.64. The number of carbonyl (C=O) groups excluding carboxylic acids is 1. The summed E-state index contributed by atoms with van der Waals surface area (Å²) in [4.78, 5) is 32.9. The number of amides is 1. The number of nitrogens with zero attached hydrogens (tertiary/aromatic N) is 1. The van der Waals surface area contributed by atoms with Gasteiger partial charge < -0.3 is 10.4 Å². The third kappa shape index (κ3) is 3.27. The van der Waals surface area contributed by atoms with E-state index in [-0.39, 0.29) is 11.3 Å². The van der Waals surface area contributed by atoms with Crippen molar-refractivity contribution in [1.29, 1.82) is 0 Å². The fourth-order valence-electron chi connectivity index (χ4n) is 1.41. The van der Waals surface area contributed by atoms with Crippen molar-refractivity contribution in [3.05, 3.63) is 39.4 Å². The van der Waals surface area contributed by atoms with Gasteiger partial charge in [-0.1, -0.05) is 0 Å². The molecule has 2 N–H and O–H groups in total. The lowest BCUT2D eigenvalue weighted by atomic mass is 10.0. The number of carboxylic acid groups (broad SMARTS) is 1. The maximum atomic E-state index is 11.9. The summed E-state index contributed by atoms with van der Waals surface area (Å²) < 4.78 is 0. The molecule has 1 rings (SSSR count). The van der Waals surface area contributed by atoms with Crippen LogP contribution in [0.4, 0.5) is 5.69 Å². The molecule has 0 fully saturated rings. The van der Waals surface area contributed by atoms with Gasteiger partial charge in [-0.3, -0.25) is 14.9 Å². The highest BCUT2D eigenvalue weighted by Crippen LogP contribution is 2.19. The summed E-state index contributed by atoms with van der Waals surface area (Å²) in [6, 6.07) is 3.86. The molecule has 0 heterocycles. The van der Waals surface area contributed by atoms with E-state index in [0.717, 1.165) is 0 Å². The SMILES string of the molecule is Cc1cc(C(=O)NC(C)(C)C(=O)O)ccc1[N+](=O)[O-]. The Bertz CT molecular complexity index is 551. The van der Waals surface area contributed by atoms with Crippen molar-refractivity contribution in [2.24, 2.45) is 0 Å². The molecule has 0 atom stereocenters. The van der Waals surface area contributed by atoms with Gasteiger partial charge in [-0.2, -0.15) is 0 Å². The van der Waals surface area contributed by atoms with Gasteiger partial charge in [-0.15, -0.1) is 0 Å². The van der Waals surface area contributed by atoms with Gasteiger partial charge in [0.15, 0.2) is 0 Å². The first kappa shape index (κ1) is 14.6. The first-order chi connectivity index (χ1) is 8.65. The van der Waals surface area contributed by atoms with Crippen LogP contribution in [0.25, 0.3) is 0 Å². The Labute approximate surface area is 109 Å². The van der Waals surface area contributed by atoms with E-state index in [4.69, 9.17) is 5.11 Å². The van der Waals surface area contributed by atoms with E-state index >= 15 is 0 Å². The number of aryl methyl sites for hydroxylation is 1. The Morgan fingerprint density at radius 3 is 2.37 bits per heavy atom. The Kier molecular flexibility index (Phi) is 3.89. The molecule has 0 aliphatic heterocycles. The molecule has 1 amide bonds. The maximum Gasteiger partial charge on any atom is 0.328 e. The molecule has 0 bridgehead atoms. The van der Waals surface area contributed by atoms with E-state index in [9.17, 15) is 19.7 Å². The molecular formula is C12H14N2O5. The van der Waals surface area contributed by atoms with Gasteiger partial charge in [-0.05, 0) is 32.9 Å². The smallest absolute Gasteiger partial charge is 0.328 e. The van der Waals surface area contributed by atoms with E-state index in [2.05, 4.69) is 5.32 Å². The van der Waals surface area contributed by atoms with Crippen LogP contribution in [0.3, 0.4) is 0 Å². The predicted molar refractivity (Wildman–Crippen MR) is 67.0 cm³/mol. The molecule has 102 valence electrons. The fraction of sp³-hybridized carbons (Fsp3) is 0.333. The molecule has 0 aliphatic carbocycles. The summed E-state index contributed by atoms with van der Waals surface area (Å²) in [6.45, 7) is 4.22. The van der Waals surface area contributed by atoms with Crippen LogP contribution in [0.1, 0.15) is 29.8 Å². The minimum atomic E-state index is -1.41. The summed E-state index contributed by atoms with van der Waals surface area (Å²) in [5.74, 6) is -1.76. The largest absolute Gasteiger partial charge is 0.480 e. The van der Waals surface area contributed by atoms with E-state index < -0.39 is 22.3 Å². The van der Waals surface area contributed by atoms with E-state index in [1.807, 2.05) is 0 Å². The van der Waals surface area contributed by atoms with Crippen LogP contribution in [0.5, 0.6) is 0 Å². The third-order valence-corrected chi connectivity index (χ3v) is 2.62. The van der Waals surface area contributed by atoms with Crippen LogP contribution >= 0.6 is 0 Å². The van der Waals surface area contributed by atoms with Gasteiger partial charge in [0.1, 0.15) is 5.54 Å². The van der Waals surface area contributed by atoms with Crippen molar-refractivity contribution in [2.45, 2.75) is 26.3 Å². The number of nitro benzene ring substituents is 1. The Morgan fingerprint density at radius 1 is 1.37 bits per heavy atom. The summed E-state index contributed by atoms with van der Waals surface area (Å²) in [5, 5.41) is 21.9. The summed E-state index contributed by atoms with van der Waals surface area (Å²) in [6.07, 6.45) is 0. The second-order valence-corrected chi connectivity index (χ2v) is 4.64. The average molecular weight is 266 g/mol. The van der Waals surface area contributed by atoms with Gasteiger partial charge in [0.25, 0.3) is 11.6 Å². The molecule has 1 aromatic rings. The number of hydrogen-bond acceptors (Lipinski definition) is 4. The number of benzene rings is 1. The molecule has 7 heteroatoms. The van der Waals surface area contributed by atoms with Crippen LogP contribution in [0.2, 0.25) is 0 Å². The first-order valence-electron chi connectivity index (χ1n) is 5.46. The zero-order valence-electron chi connectivity index (χ0n) is 10.8. The zero-order valence-corrected chi connectivity index (χ0v) is 10.8. The molecule has 0 radical (unpaired) electrons. The minimum Gasteiger partial charge on any atom is -0.480 e. The van der Waals surface area contributed by atoms with Gasteiger partial charge in [0.05, 0.1) is 4.92 Å². The molecule has 0 spiro atoms. The fourth-order valence-corrected chi connectivity index (χ4v) is 1.41. The highest BCUT2D eigenvalue weighted by molar-refractivity contribution is 5.98. The van der Waals surface area contributed by atoms with Crippen LogP contribution in [0.15, 0.2) is 18.2 Å². The standard InChI is InChI=1S/C12H14N2O5/c1-7-6-8(4-5-9(7)14(18)19)10(15)13-12(2,3)11(16)17/h4-6H,1-3H3,(H,13,15)(H,16,17). The highest BCUT2D eigenvalue weighted by atomic mass is 16.6. The molecule has 0 unspecified atom stereocenters. The number of rotatable bonds is 4. The average Bonchev–Trinajstić information content (AvgIpc) is 2.27. The lowest BCUT2D eigenvalue weighted by molar-refractivity contribution is -0.385. The maximum absolute atomic E-state index is 11.9. The summed E-state index contributed by atoms with van der Waals surface area (Å²) in [5.41, 5.74) is -0.982. The van der Waals surface area contributed by atoms with E-state index in [1.165, 1.54) is 39.0 Å². The van der Waals surface area contributed by atoms with Crippen molar-refractivity contribution < 1.29 is 19.6 Å². The van der Waals surface area contributed by atoms with Crippen LogP contribution < -0.4 is 5.32 Å². The number of carbonyl (C=O) groups is 2. The minimum absolute atomic E-state index is 0.0888. The molecular weight excluding hydrogens is 252 g/mol. The number of hydrogen-bond donors (Lipinski definition) is 2. The number of nitro groups is 1. The molecule has 0 aromatic heterocycles. The number of aliphatic carboxylic acids is 1. The van der Waals surface area contributed by atoms with E-state index in [1.54, 1.807) is 0 Å². The van der Waals surface area contributed by atoms with Crippen molar-refractivity contribution >= 4 is 17.6 Å². The first-order valence-corrected chi connectivity index (χ1v) is 5.46. The predicted octanol–water partition coefficient (Wildman–Crippen LogP) is 1.50. The summed E-state index contributed by atoms with van der Waals surface area (Å²) >= 11 is 0. The second kappa shape index (κ2) is 5.05. The van der Waals surface area contributed by atoms with Gasteiger partial charge in [-0.25, -0.2) is 4.79 Å². The number of carboxylic acids is 1. The molecule has 1 aromatic carbocycles. The van der Waals surface area contributed by atoms with Crippen molar-refractivity contribution in [3.8, 4) is 0 Å². The molecule has 7 nitrogen and oxygen atoms in total. The van der Waals surface area contributed by atoms with E-state index in [0.29, 0.717) is 5.56 Å². The Morgan fingerprint density at radius 2 is 1.95 bits per heavy atom. The topological polar surface area (TPSA) is 110 Å². The molecule has 0 saturated carbocycles. The normalized spacial score (nSPS) is 10.9. The van der Waals surface area contributed by atoms with Crippen molar-refractivity contribution in [1.82, 2.24) is 5.32 Å². The summed E-state index contributed by atoms with van der Waals surface area (Å²) in [7, 11) is 0. The number of nitrogens with one attached hydrogen (secondary N) is 1. The molecule has 19 heavy (non-hydrogen) atoms. The lowest BCUT2D eigenvalue weighted by Gasteiger charge is -2.21. The van der Waals surface area contributed by atoms with Crippen LogP contribution in [-0.2, 0) is 4.79 Å².